The molecule has 0 fully saturated rings. The maximum Gasteiger partial charge on any atom is 0.321 e. The Kier molecular flexibility index (Phi) is 7.65. The summed E-state index contributed by atoms with van der Waals surface area (Å²) < 4.78 is 7.13. The van der Waals surface area contributed by atoms with E-state index < -0.39 is 24.0 Å². The molecule has 164 valence electrons. The molecule has 31 heavy (non-hydrogen) atoms. The summed E-state index contributed by atoms with van der Waals surface area (Å²) in [6.45, 7) is 4.27. The number of benzene rings is 2. The monoisotopic (exact) mass is 441 g/mol. The zero-order chi connectivity index (χ0) is 22.4. The first-order valence-electron chi connectivity index (χ1n) is 10.2. The largest absolute Gasteiger partial charge is 0.489 e. The Balaban J connectivity index is 1.61. The molecule has 0 aliphatic carbocycles. The maximum atomic E-state index is 11.7. The van der Waals surface area contributed by atoms with Crippen molar-refractivity contribution >= 4 is 33.4 Å². The molecule has 0 aliphatic heterocycles. The molecule has 3 aromatic rings. The van der Waals surface area contributed by atoms with Crippen molar-refractivity contribution in [2.75, 3.05) is 0 Å². The maximum absolute atomic E-state index is 11.7. The third-order valence-corrected chi connectivity index (χ3v) is 6.04. The van der Waals surface area contributed by atoms with Gasteiger partial charge in [-0.15, -0.1) is 11.3 Å². The van der Waals surface area contributed by atoms with Gasteiger partial charge in [0, 0.05) is 10.3 Å². The van der Waals surface area contributed by atoms with E-state index in [1.54, 1.807) is 11.3 Å². The van der Waals surface area contributed by atoms with Crippen LogP contribution in [0.4, 0.5) is 0 Å². The van der Waals surface area contributed by atoms with Gasteiger partial charge < -0.3 is 14.9 Å². The Morgan fingerprint density at radius 1 is 1.00 bits per heavy atom. The average molecular weight is 442 g/mol. The van der Waals surface area contributed by atoms with E-state index in [0.717, 1.165) is 11.1 Å². The summed E-state index contributed by atoms with van der Waals surface area (Å²) in [6, 6.07) is 13.6. The number of nitrogens with one attached hydrogen (secondary N) is 1. The first kappa shape index (κ1) is 22.8. The summed E-state index contributed by atoms with van der Waals surface area (Å²) in [7, 11) is 0. The van der Waals surface area contributed by atoms with Gasteiger partial charge in [0.1, 0.15) is 24.4 Å². The third kappa shape index (κ3) is 6.29. The van der Waals surface area contributed by atoms with E-state index in [0.29, 0.717) is 18.8 Å². The second-order valence-electron chi connectivity index (χ2n) is 7.97. The number of rotatable bonds is 11. The second kappa shape index (κ2) is 10.4. The lowest BCUT2D eigenvalue weighted by atomic mass is 10.0. The molecular weight excluding hydrogens is 414 g/mol. The van der Waals surface area contributed by atoms with Crippen molar-refractivity contribution in [2.45, 2.75) is 45.4 Å². The highest BCUT2D eigenvalue weighted by Gasteiger charge is 2.26. The van der Waals surface area contributed by atoms with Crippen LogP contribution in [0.1, 0.15) is 31.4 Å². The van der Waals surface area contributed by atoms with E-state index in [2.05, 4.69) is 22.8 Å². The van der Waals surface area contributed by atoms with E-state index in [9.17, 15) is 19.8 Å². The van der Waals surface area contributed by atoms with E-state index in [-0.39, 0.29) is 12.3 Å². The Bertz CT molecular complexity index is 1030. The molecule has 3 rings (SSSR count). The molecule has 0 spiro atoms. The SMILES string of the molecule is CC(C)C[C@H](N[C@@H](Cc1ccc(OCc2csc3ccccc23)cc1)C(=O)O)C(=O)O. The Morgan fingerprint density at radius 3 is 2.32 bits per heavy atom. The number of hydrogen-bond acceptors (Lipinski definition) is 5. The fourth-order valence-corrected chi connectivity index (χ4v) is 4.38. The summed E-state index contributed by atoms with van der Waals surface area (Å²) in [5.74, 6) is -1.27. The van der Waals surface area contributed by atoms with Crippen LogP contribution >= 0.6 is 11.3 Å². The van der Waals surface area contributed by atoms with Crippen molar-refractivity contribution in [3.63, 3.8) is 0 Å². The van der Waals surface area contributed by atoms with Gasteiger partial charge in [0.15, 0.2) is 0 Å². The summed E-state index contributed by atoms with van der Waals surface area (Å²) >= 11 is 1.69. The molecule has 0 amide bonds. The Hall–Kier alpha value is -2.90. The zero-order valence-electron chi connectivity index (χ0n) is 17.6. The van der Waals surface area contributed by atoms with Crippen LogP contribution in [-0.2, 0) is 22.6 Å². The highest BCUT2D eigenvalue weighted by atomic mass is 32.1. The molecule has 0 aliphatic rings. The van der Waals surface area contributed by atoms with Gasteiger partial charge in [-0.2, -0.15) is 0 Å². The Labute approximate surface area is 185 Å². The van der Waals surface area contributed by atoms with Crippen LogP contribution in [0.25, 0.3) is 10.1 Å². The van der Waals surface area contributed by atoms with Crippen molar-refractivity contribution in [3.8, 4) is 5.75 Å². The number of hydrogen-bond donors (Lipinski definition) is 3. The Morgan fingerprint density at radius 2 is 1.68 bits per heavy atom. The normalized spacial score (nSPS) is 13.3. The first-order chi connectivity index (χ1) is 14.8. The van der Waals surface area contributed by atoms with Crippen LogP contribution in [0.5, 0.6) is 5.75 Å². The topological polar surface area (TPSA) is 95.9 Å². The zero-order valence-corrected chi connectivity index (χ0v) is 18.4. The number of carbonyl (C=O) groups is 2. The molecule has 3 N–H and O–H groups in total. The minimum atomic E-state index is -1.07. The molecular formula is C24H27NO5S. The predicted octanol–water partition coefficient (Wildman–Crippen LogP) is 4.56. The summed E-state index contributed by atoms with van der Waals surface area (Å²) in [5.41, 5.74) is 1.92. The van der Waals surface area contributed by atoms with Gasteiger partial charge in [0.25, 0.3) is 0 Å². The number of ether oxygens (including phenoxy) is 1. The molecule has 7 heteroatoms. The summed E-state index contributed by atoms with van der Waals surface area (Å²) in [6.07, 6.45) is 0.551. The minimum absolute atomic E-state index is 0.139. The number of carboxylic acids is 2. The molecule has 0 saturated carbocycles. The first-order valence-corrected chi connectivity index (χ1v) is 11.1. The third-order valence-electron chi connectivity index (χ3n) is 5.02. The van der Waals surface area contributed by atoms with Crippen molar-refractivity contribution in [1.29, 1.82) is 0 Å². The lowest BCUT2D eigenvalue weighted by Gasteiger charge is -2.21. The molecule has 1 aromatic heterocycles. The molecule has 6 nitrogen and oxygen atoms in total. The van der Waals surface area contributed by atoms with Crippen LogP contribution in [0.15, 0.2) is 53.9 Å². The lowest BCUT2D eigenvalue weighted by molar-refractivity contribution is -0.142. The van der Waals surface area contributed by atoms with Gasteiger partial charge in [-0.1, -0.05) is 44.2 Å². The minimum Gasteiger partial charge on any atom is -0.489 e. The fraction of sp³-hybridized carbons (Fsp3) is 0.333. The number of fused-ring (bicyclic) bond motifs is 1. The molecule has 0 unspecified atom stereocenters. The van der Waals surface area contributed by atoms with Gasteiger partial charge in [0.05, 0.1) is 0 Å². The van der Waals surface area contributed by atoms with Crippen LogP contribution < -0.4 is 10.1 Å². The summed E-state index contributed by atoms with van der Waals surface area (Å²) in [5, 5.41) is 25.0. The van der Waals surface area contributed by atoms with Crippen LogP contribution in [0.3, 0.4) is 0 Å². The van der Waals surface area contributed by atoms with Crippen molar-refractivity contribution in [3.05, 3.63) is 65.0 Å². The molecule has 0 bridgehead atoms. The highest BCUT2D eigenvalue weighted by molar-refractivity contribution is 7.17. The lowest BCUT2D eigenvalue weighted by Crippen LogP contribution is -2.48. The van der Waals surface area contributed by atoms with Crippen molar-refractivity contribution < 1.29 is 24.5 Å². The van der Waals surface area contributed by atoms with Crippen molar-refractivity contribution in [1.82, 2.24) is 5.32 Å². The van der Waals surface area contributed by atoms with E-state index >= 15 is 0 Å². The second-order valence-corrected chi connectivity index (χ2v) is 8.88. The van der Waals surface area contributed by atoms with E-state index in [4.69, 9.17) is 4.74 Å². The van der Waals surface area contributed by atoms with Crippen LogP contribution in [-0.4, -0.2) is 34.2 Å². The number of carboxylic acid groups (broad SMARTS) is 2. The molecule has 2 atom stereocenters. The van der Waals surface area contributed by atoms with Crippen LogP contribution in [0, 0.1) is 5.92 Å². The molecule has 0 saturated heterocycles. The van der Waals surface area contributed by atoms with Gasteiger partial charge in [-0.25, -0.2) is 0 Å². The van der Waals surface area contributed by atoms with Gasteiger partial charge in [-0.3, -0.25) is 14.9 Å². The van der Waals surface area contributed by atoms with Gasteiger partial charge in [0.2, 0.25) is 0 Å². The van der Waals surface area contributed by atoms with E-state index in [1.807, 2.05) is 50.2 Å². The fourth-order valence-electron chi connectivity index (χ4n) is 3.44. The van der Waals surface area contributed by atoms with E-state index in [1.165, 1.54) is 10.1 Å². The molecule has 1 heterocycles. The summed E-state index contributed by atoms with van der Waals surface area (Å²) in [4.78, 5) is 23.1. The predicted molar refractivity (Wildman–Crippen MR) is 122 cm³/mol. The van der Waals surface area contributed by atoms with Crippen molar-refractivity contribution in [2.24, 2.45) is 5.92 Å². The number of thiophene rings is 1. The smallest absolute Gasteiger partial charge is 0.321 e. The number of aliphatic carboxylic acids is 2. The quantitative estimate of drug-likeness (QED) is 0.404. The standard InChI is InChI=1S/C24H27NO5S/c1-15(2)11-20(23(26)27)25-21(24(28)29)12-16-7-9-18(10-8-16)30-13-17-14-31-22-6-4-3-5-19(17)22/h3-10,14-15,20-21,25H,11-13H2,1-2H3,(H,26,27)(H,28,29)/t20-,21-/m0/s1. The van der Waals surface area contributed by atoms with Gasteiger partial charge >= 0.3 is 11.9 Å². The molecule has 0 radical (unpaired) electrons. The highest BCUT2D eigenvalue weighted by Crippen LogP contribution is 2.27. The average Bonchev–Trinajstić information content (AvgIpc) is 3.14. The molecule has 2 aromatic carbocycles. The van der Waals surface area contributed by atoms with Crippen LogP contribution in [0.2, 0.25) is 0 Å². The van der Waals surface area contributed by atoms with Gasteiger partial charge in [-0.05, 0) is 53.3 Å².